The van der Waals surface area contributed by atoms with Crippen LogP contribution in [0.2, 0.25) is 0 Å². The van der Waals surface area contributed by atoms with Crippen molar-refractivity contribution in [3.63, 3.8) is 0 Å². The number of hydrogen-bond acceptors (Lipinski definition) is 5. The monoisotopic (exact) mass is 290 g/mol. The molecule has 1 saturated carbocycles. The van der Waals surface area contributed by atoms with Gasteiger partial charge in [0.2, 0.25) is 0 Å². The summed E-state index contributed by atoms with van der Waals surface area (Å²) < 4.78 is 40.4. The first-order valence-corrected chi connectivity index (χ1v) is 6.22. The molecule has 0 aliphatic heterocycles. The number of carbonyl (C=O) groups excluding carboxylic acids is 2. The summed E-state index contributed by atoms with van der Waals surface area (Å²) in [6.45, 7) is -1.86. The minimum atomic E-state index is -2.82. The third-order valence-electron chi connectivity index (χ3n) is 3.25. The zero-order chi connectivity index (χ0) is 19.4. The predicted molar refractivity (Wildman–Crippen MR) is 78.1 cm³/mol. The van der Waals surface area contributed by atoms with Gasteiger partial charge in [-0.25, -0.2) is 4.98 Å². The molecule has 108 valence electrons. The number of nitrogens with zero attached hydrogens (tertiary/aromatic N) is 2. The van der Waals surface area contributed by atoms with Crippen molar-refractivity contribution in [2.75, 3.05) is 5.73 Å². The summed E-state index contributed by atoms with van der Waals surface area (Å²) in [4.78, 5) is 41.2. The van der Waals surface area contributed by atoms with Crippen LogP contribution < -0.4 is 11.3 Å². The van der Waals surface area contributed by atoms with E-state index in [0.29, 0.717) is 4.57 Å². The average Bonchev–Trinajstić information content (AvgIpc) is 2.51. The maximum atomic E-state index is 13.0. The Morgan fingerprint density at radius 2 is 2.29 bits per heavy atom. The summed E-state index contributed by atoms with van der Waals surface area (Å²) in [5.74, 6) is -2.37. The molecule has 3 rings (SSSR count). The summed E-state index contributed by atoms with van der Waals surface area (Å²) in [6, 6.07) is 1.53. The Balaban J connectivity index is 2.47. The van der Waals surface area contributed by atoms with Gasteiger partial charge in [-0.1, -0.05) is 6.07 Å². The van der Waals surface area contributed by atoms with Crippen molar-refractivity contribution in [3.8, 4) is 0 Å². The molecule has 1 unspecified atom stereocenters. The predicted octanol–water partition coefficient (Wildman–Crippen LogP) is 1.15. The van der Waals surface area contributed by atoms with Crippen LogP contribution in [0.3, 0.4) is 0 Å². The number of nitrogen functional groups attached to an aromatic ring is 1. The lowest BCUT2D eigenvalue weighted by Gasteiger charge is -2.24. The second-order valence-electron chi connectivity index (χ2n) is 4.69. The minimum absolute atomic E-state index is 0.00954. The molecule has 2 N–H and O–H groups in total. The Labute approximate surface area is 127 Å². The van der Waals surface area contributed by atoms with Crippen LogP contribution in [0.5, 0.6) is 0 Å². The summed E-state index contributed by atoms with van der Waals surface area (Å²) in [5.41, 5.74) is 4.90. The highest BCUT2D eigenvalue weighted by Crippen LogP contribution is 2.24. The zero-order valence-electron chi connectivity index (χ0n) is 15.9. The number of anilines is 1. The summed E-state index contributed by atoms with van der Waals surface area (Å²) >= 11 is 0. The third kappa shape index (κ3) is 2.12. The van der Waals surface area contributed by atoms with Gasteiger partial charge in [-0.3, -0.25) is 19.0 Å². The van der Waals surface area contributed by atoms with E-state index in [2.05, 4.69) is 4.98 Å². The fourth-order valence-corrected chi connectivity index (χ4v) is 2.30. The molecule has 0 saturated heterocycles. The van der Waals surface area contributed by atoms with E-state index < -0.39 is 55.1 Å². The van der Waals surface area contributed by atoms with Crippen molar-refractivity contribution in [3.05, 3.63) is 34.4 Å². The maximum Gasteiger partial charge on any atom is 0.264 e. The van der Waals surface area contributed by atoms with Crippen molar-refractivity contribution in [1.82, 2.24) is 9.55 Å². The molecule has 1 fully saturated rings. The van der Waals surface area contributed by atoms with E-state index in [-0.39, 0.29) is 16.6 Å². The van der Waals surface area contributed by atoms with E-state index in [4.69, 9.17) is 12.6 Å². The van der Waals surface area contributed by atoms with Gasteiger partial charge in [0.25, 0.3) is 5.56 Å². The van der Waals surface area contributed by atoms with E-state index in [1.807, 2.05) is 0 Å². The molecule has 1 aromatic heterocycles. The van der Waals surface area contributed by atoms with Crippen molar-refractivity contribution in [2.45, 2.75) is 32.1 Å². The topological polar surface area (TPSA) is 95.0 Å². The normalized spacial score (nSPS) is 28.7. The summed E-state index contributed by atoms with van der Waals surface area (Å²) in [6.07, 6.45) is -4.17. The highest BCUT2D eigenvalue weighted by molar-refractivity contribution is 6.03. The van der Waals surface area contributed by atoms with Gasteiger partial charge in [0.1, 0.15) is 11.6 Å². The first-order valence-electron chi connectivity index (χ1n) is 8.87. The van der Waals surface area contributed by atoms with Crippen LogP contribution in [-0.4, -0.2) is 21.1 Å². The number of aryl methyl sites for hydroxylation is 1. The molecule has 21 heavy (non-hydrogen) atoms. The van der Waals surface area contributed by atoms with E-state index in [0.717, 1.165) is 0 Å². The van der Waals surface area contributed by atoms with Crippen molar-refractivity contribution < 1.29 is 16.4 Å². The summed E-state index contributed by atoms with van der Waals surface area (Å²) in [5, 5.41) is -0.135. The van der Waals surface area contributed by atoms with Gasteiger partial charge < -0.3 is 5.73 Å². The Kier molecular flexibility index (Phi) is 1.99. The molecule has 0 spiro atoms. The molecule has 1 aliphatic carbocycles. The lowest BCUT2D eigenvalue weighted by molar-refractivity contribution is -0.132. The molecule has 2 aromatic rings. The van der Waals surface area contributed by atoms with Crippen LogP contribution in [0, 0.1) is 6.88 Å². The number of aromatic nitrogens is 2. The summed E-state index contributed by atoms with van der Waals surface area (Å²) in [7, 11) is 0. The maximum absolute atomic E-state index is 13.0. The minimum Gasteiger partial charge on any atom is -0.398 e. The number of Topliss-reactive ketones (excluding diaryl/α,β-unsaturated/α-hetero) is 2. The smallest absolute Gasteiger partial charge is 0.264 e. The highest BCUT2D eigenvalue weighted by atomic mass is 16.2. The number of benzene rings is 1. The first-order chi connectivity index (χ1) is 12.0. The number of nitrogens with two attached hydrogens (primary N) is 1. The average molecular weight is 290 g/mol. The number of carbonyl (C=O) groups is 2. The quantitative estimate of drug-likeness (QED) is 0.628. The number of rotatable bonds is 1. The number of fused-ring (bicyclic) bond motifs is 1. The van der Waals surface area contributed by atoms with Gasteiger partial charge in [-0.05, 0) is 25.4 Å². The molecule has 1 atom stereocenters. The number of hydrogen-bond donors (Lipinski definition) is 1. The molecule has 1 aliphatic rings. The van der Waals surface area contributed by atoms with Gasteiger partial charge in [0, 0.05) is 17.6 Å². The van der Waals surface area contributed by atoms with Gasteiger partial charge in [-0.2, -0.15) is 0 Å². The second-order valence-corrected chi connectivity index (χ2v) is 4.69. The molecule has 6 heteroatoms. The van der Waals surface area contributed by atoms with E-state index in [9.17, 15) is 14.4 Å². The van der Waals surface area contributed by atoms with E-state index in [1.54, 1.807) is 0 Å². The van der Waals surface area contributed by atoms with Gasteiger partial charge >= 0.3 is 0 Å². The molecule has 6 nitrogen and oxygen atoms in total. The lowest BCUT2D eigenvalue weighted by Crippen LogP contribution is -2.36. The standard InChI is InChI=1S/C15H15N3O3/c1-8-17-11-4-2-3-10(16)14(11)15(21)18(8)12-6-5-9(19)7-13(12)20/h2-4,12H,5-7,16H2,1H3/i1D2,6D2,12D. The molecular weight excluding hydrogens is 270 g/mol. The Bertz CT molecular complexity index is 1000. The van der Waals surface area contributed by atoms with E-state index >= 15 is 0 Å². The van der Waals surface area contributed by atoms with Crippen LogP contribution in [0.4, 0.5) is 5.69 Å². The molecular formula is C15H15N3O3. The second kappa shape index (κ2) is 4.80. The Morgan fingerprint density at radius 3 is 3.00 bits per heavy atom. The fourth-order valence-electron chi connectivity index (χ4n) is 2.30. The zero-order valence-corrected chi connectivity index (χ0v) is 10.9. The van der Waals surface area contributed by atoms with Crippen molar-refractivity contribution in [1.29, 1.82) is 0 Å². The van der Waals surface area contributed by atoms with Gasteiger partial charge in [0.05, 0.1) is 24.7 Å². The van der Waals surface area contributed by atoms with E-state index in [1.165, 1.54) is 18.2 Å². The molecule has 0 bridgehead atoms. The van der Waals surface area contributed by atoms with Gasteiger partial charge in [0.15, 0.2) is 5.78 Å². The fraction of sp³-hybridized carbons (Fsp3) is 0.333. The van der Waals surface area contributed by atoms with Crippen molar-refractivity contribution >= 4 is 28.2 Å². The Hall–Kier alpha value is -2.50. The Morgan fingerprint density at radius 1 is 1.48 bits per heavy atom. The van der Waals surface area contributed by atoms with Crippen LogP contribution in [0.15, 0.2) is 23.0 Å². The van der Waals surface area contributed by atoms with Crippen LogP contribution >= 0.6 is 0 Å². The lowest BCUT2D eigenvalue weighted by atomic mass is 9.92. The third-order valence-corrected chi connectivity index (χ3v) is 3.25. The van der Waals surface area contributed by atoms with Crippen molar-refractivity contribution in [2.24, 2.45) is 0 Å². The van der Waals surface area contributed by atoms with Crippen LogP contribution in [0.1, 0.15) is 37.9 Å². The highest BCUT2D eigenvalue weighted by Gasteiger charge is 2.30. The molecule has 1 heterocycles. The number of ketones is 2. The van der Waals surface area contributed by atoms with Crippen LogP contribution in [-0.2, 0) is 9.59 Å². The SMILES string of the molecule is [2H]C([2H])c1nc2cccc(N)c2c(=O)n1C1([2H])C(=O)CC(=O)CC1([2H])[2H]. The molecule has 0 amide bonds. The van der Waals surface area contributed by atoms with Gasteiger partial charge in [-0.15, -0.1) is 0 Å². The molecule has 1 aromatic carbocycles. The molecule has 0 radical (unpaired) electrons. The van der Waals surface area contributed by atoms with Crippen LogP contribution in [0.25, 0.3) is 10.9 Å². The largest absolute Gasteiger partial charge is 0.398 e. The first kappa shape index (κ1) is 8.71.